The van der Waals surface area contributed by atoms with Crippen LogP contribution in [0.1, 0.15) is 88.5 Å². The van der Waals surface area contributed by atoms with Gasteiger partial charge in [0.15, 0.2) is 6.29 Å². The Kier molecular flexibility index (Phi) is 10.5. The van der Waals surface area contributed by atoms with Gasteiger partial charge in [-0.3, -0.25) is 4.79 Å². The summed E-state index contributed by atoms with van der Waals surface area (Å²) < 4.78 is 30.5. The fourth-order valence-electron chi connectivity index (χ4n) is 5.75. The summed E-state index contributed by atoms with van der Waals surface area (Å²) in [6, 6.07) is 15.3. The Bertz CT molecular complexity index is 1490. The maximum atomic E-state index is 13.4. The summed E-state index contributed by atoms with van der Waals surface area (Å²) in [4.78, 5) is 25.5. The van der Waals surface area contributed by atoms with Gasteiger partial charge in [0.1, 0.15) is 30.0 Å². The Morgan fingerprint density at radius 3 is 2.41 bits per heavy atom. The van der Waals surface area contributed by atoms with E-state index >= 15 is 0 Å². The number of amides is 2. The van der Waals surface area contributed by atoms with E-state index in [1.165, 1.54) is 0 Å². The normalized spacial score (nSPS) is 18.5. The van der Waals surface area contributed by atoms with Crippen LogP contribution in [0.4, 0.5) is 10.6 Å². The molecule has 2 atom stereocenters. The number of carbonyl (C=O) groups excluding carboxylic acids is 2. The number of nitrogens with zero attached hydrogens (tertiary/aromatic N) is 2. The minimum atomic E-state index is -0.561. The van der Waals surface area contributed by atoms with E-state index in [1.807, 2.05) is 67.1 Å². The lowest BCUT2D eigenvalue weighted by Crippen LogP contribution is -2.33. The number of ether oxygens (including phenoxy) is 5. The smallest absolute Gasteiger partial charge is 0.407 e. The van der Waals surface area contributed by atoms with Gasteiger partial charge in [-0.1, -0.05) is 18.2 Å². The molecule has 0 spiro atoms. The molecule has 5 rings (SSSR count). The minimum absolute atomic E-state index is 0.0192. The minimum Gasteiger partial charge on any atom is -0.497 e. The van der Waals surface area contributed by atoms with Gasteiger partial charge in [0.2, 0.25) is 5.91 Å². The molecule has 1 aliphatic carbocycles. The van der Waals surface area contributed by atoms with Crippen molar-refractivity contribution in [3.63, 3.8) is 0 Å². The first-order chi connectivity index (χ1) is 22.0. The zero-order valence-electron chi connectivity index (χ0n) is 27.6. The predicted molar refractivity (Wildman–Crippen MR) is 173 cm³/mol. The highest BCUT2D eigenvalue weighted by Gasteiger charge is 2.32. The van der Waals surface area contributed by atoms with Crippen molar-refractivity contribution in [1.29, 1.82) is 0 Å². The number of nitrogens with one attached hydrogen (secondary N) is 2. The Morgan fingerprint density at radius 2 is 1.74 bits per heavy atom. The van der Waals surface area contributed by atoms with Crippen LogP contribution in [0.5, 0.6) is 11.5 Å². The number of rotatable bonds is 11. The molecule has 2 fully saturated rings. The summed E-state index contributed by atoms with van der Waals surface area (Å²) in [7, 11) is 1.64. The molecular formula is C35H46N4O7. The second kappa shape index (κ2) is 14.6. The third kappa shape index (κ3) is 8.58. The molecule has 46 heavy (non-hydrogen) atoms. The second-order valence-corrected chi connectivity index (χ2v) is 13.2. The third-order valence-corrected chi connectivity index (χ3v) is 7.98. The van der Waals surface area contributed by atoms with Crippen LogP contribution in [0.3, 0.4) is 0 Å². The molecule has 11 heteroatoms. The number of benzene rings is 2. The number of hydrogen-bond donors (Lipinski definition) is 2. The number of alkyl carbamates (subject to hydrolysis) is 1. The van der Waals surface area contributed by atoms with Gasteiger partial charge in [0.05, 0.1) is 43.5 Å². The van der Waals surface area contributed by atoms with Crippen LogP contribution in [-0.4, -0.2) is 54.3 Å². The van der Waals surface area contributed by atoms with Gasteiger partial charge in [-0.05, 0) is 89.3 Å². The van der Waals surface area contributed by atoms with Crippen molar-refractivity contribution in [3.05, 3.63) is 70.9 Å². The third-order valence-electron chi connectivity index (χ3n) is 7.98. The molecule has 1 saturated heterocycles. The first kappa shape index (κ1) is 33.3. The lowest BCUT2D eigenvalue weighted by atomic mass is 10.0. The molecule has 0 bridgehead atoms. The number of carbonyl (C=O) groups is 2. The lowest BCUT2D eigenvalue weighted by molar-refractivity contribution is -0.115. The van der Waals surface area contributed by atoms with Crippen LogP contribution in [-0.2, 0) is 37.6 Å². The lowest BCUT2D eigenvalue weighted by Gasteiger charge is -2.22. The predicted octanol–water partition coefficient (Wildman–Crippen LogP) is 6.22. The van der Waals surface area contributed by atoms with Crippen LogP contribution in [0, 0.1) is 0 Å². The topological polar surface area (TPSA) is 122 Å². The van der Waals surface area contributed by atoms with E-state index in [1.54, 1.807) is 7.11 Å². The maximum absolute atomic E-state index is 13.4. The van der Waals surface area contributed by atoms with E-state index in [-0.39, 0.29) is 42.0 Å². The molecule has 1 saturated carbocycles. The highest BCUT2D eigenvalue weighted by Crippen LogP contribution is 2.38. The monoisotopic (exact) mass is 634 g/mol. The number of methoxy groups -OCH3 is 1. The van der Waals surface area contributed by atoms with E-state index in [9.17, 15) is 9.59 Å². The molecule has 11 nitrogen and oxygen atoms in total. The molecule has 2 N–H and O–H groups in total. The molecule has 1 aliphatic heterocycles. The summed E-state index contributed by atoms with van der Waals surface area (Å²) in [5.41, 5.74) is 3.08. The van der Waals surface area contributed by atoms with Crippen molar-refractivity contribution in [2.45, 2.75) is 96.8 Å². The van der Waals surface area contributed by atoms with Gasteiger partial charge in [0, 0.05) is 18.0 Å². The van der Waals surface area contributed by atoms with Crippen molar-refractivity contribution in [1.82, 2.24) is 15.1 Å². The van der Waals surface area contributed by atoms with Gasteiger partial charge in [0.25, 0.3) is 0 Å². The van der Waals surface area contributed by atoms with Gasteiger partial charge in [-0.25, -0.2) is 9.48 Å². The molecule has 1 aromatic heterocycles. The molecule has 248 valence electrons. The van der Waals surface area contributed by atoms with E-state index in [0.717, 1.165) is 41.0 Å². The molecule has 2 heterocycles. The van der Waals surface area contributed by atoms with Crippen molar-refractivity contribution < 1.29 is 33.3 Å². The highest BCUT2D eigenvalue weighted by molar-refractivity contribution is 5.91. The molecule has 2 aromatic carbocycles. The number of anilines is 1. The van der Waals surface area contributed by atoms with Crippen LogP contribution >= 0.6 is 0 Å². The number of aromatic nitrogens is 2. The standard InChI is InChI=1S/C35H46N4O7/c1-22(2)36-34(41)46-27-13-10-25(19-27)29-20-31(39(38-29)35(3,4)5)37-32(40)18-24-9-14-30(28(17-24)33-43-15-16-44-33)45-21-23-7-11-26(42-6)12-8-23/h7-9,11-12,14,17,20,22,25,27,33H,10,13,15-16,18-19,21H2,1-6H3,(H,36,41)(H,37,40)/t25-,27+/m0/s1. The average Bonchev–Trinajstić information content (AvgIpc) is 3.78. The van der Waals surface area contributed by atoms with Crippen molar-refractivity contribution in [2.75, 3.05) is 25.6 Å². The second-order valence-electron chi connectivity index (χ2n) is 13.2. The summed E-state index contributed by atoms with van der Waals surface area (Å²) in [5, 5.41) is 10.8. The van der Waals surface area contributed by atoms with Gasteiger partial charge < -0.3 is 34.3 Å². The maximum Gasteiger partial charge on any atom is 0.407 e. The van der Waals surface area contributed by atoms with Crippen LogP contribution in [0.2, 0.25) is 0 Å². The summed E-state index contributed by atoms with van der Waals surface area (Å²) in [5.74, 6) is 2.03. The molecule has 3 aromatic rings. The summed E-state index contributed by atoms with van der Waals surface area (Å²) in [6.45, 7) is 11.3. The Labute approximate surface area is 270 Å². The van der Waals surface area contributed by atoms with E-state index < -0.39 is 6.29 Å². The average molecular weight is 635 g/mol. The Morgan fingerprint density at radius 1 is 1.02 bits per heavy atom. The first-order valence-electron chi connectivity index (χ1n) is 16.0. The van der Waals surface area contributed by atoms with E-state index in [4.69, 9.17) is 28.8 Å². The molecular weight excluding hydrogens is 588 g/mol. The van der Waals surface area contributed by atoms with E-state index in [0.29, 0.717) is 37.8 Å². The van der Waals surface area contributed by atoms with Crippen LogP contribution in [0.15, 0.2) is 48.5 Å². The van der Waals surface area contributed by atoms with Crippen molar-refractivity contribution in [2.24, 2.45) is 0 Å². The fourth-order valence-corrected chi connectivity index (χ4v) is 5.75. The molecule has 0 radical (unpaired) electrons. The fraction of sp³-hybridized carbons (Fsp3) is 0.514. The van der Waals surface area contributed by atoms with Gasteiger partial charge in [-0.2, -0.15) is 5.10 Å². The van der Waals surface area contributed by atoms with Gasteiger partial charge in [-0.15, -0.1) is 0 Å². The summed E-state index contributed by atoms with van der Waals surface area (Å²) >= 11 is 0. The molecule has 2 amide bonds. The Hall–Kier alpha value is -4.09. The quantitative estimate of drug-likeness (QED) is 0.255. The Balaban J connectivity index is 1.26. The zero-order valence-corrected chi connectivity index (χ0v) is 27.6. The van der Waals surface area contributed by atoms with E-state index in [2.05, 4.69) is 31.4 Å². The largest absolute Gasteiger partial charge is 0.497 e. The van der Waals surface area contributed by atoms with Gasteiger partial charge >= 0.3 is 6.09 Å². The summed E-state index contributed by atoms with van der Waals surface area (Å²) in [6.07, 6.45) is 1.36. The SMILES string of the molecule is COc1ccc(COc2ccc(CC(=O)Nc3cc([C@H]4CC[C@@H](OC(=O)NC(C)C)C4)nn3C(C)(C)C)cc2C2OCCO2)cc1. The number of hydrogen-bond acceptors (Lipinski definition) is 8. The van der Waals surface area contributed by atoms with Crippen molar-refractivity contribution in [3.8, 4) is 11.5 Å². The van der Waals surface area contributed by atoms with Crippen molar-refractivity contribution >= 4 is 17.8 Å². The van der Waals surface area contributed by atoms with Crippen LogP contribution in [0.25, 0.3) is 0 Å². The molecule has 2 aliphatic rings. The molecule has 0 unspecified atom stereocenters. The zero-order chi connectivity index (χ0) is 32.8. The highest BCUT2D eigenvalue weighted by atomic mass is 16.7. The van der Waals surface area contributed by atoms with Crippen LogP contribution < -0.4 is 20.1 Å². The first-order valence-corrected chi connectivity index (χ1v) is 16.0.